The number of aryl methyl sites for hydroxylation is 1. The third kappa shape index (κ3) is 5.87. The van der Waals surface area contributed by atoms with Crippen molar-refractivity contribution in [3.63, 3.8) is 0 Å². The van der Waals surface area contributed by atoms with Gasteiger partial charge in [0.1, 0.15) is 11.3 Å². The Kier molecular flexibility index (Phi) is 8.89. The first kappa shape index (κ1) is 25.5. The number of hydrogen-bond acceptors (Lipinski definition) is 8. The van der Waals surface area contributed by atoms with Gasteiger partial charge in [0.05, 0.1) is 31.0 Å². The van der Waals surface area contributed by atoms with Gasteiger partial charge in [0.2, 0.25) is 5.88 Å². The summed E-state index contributed by atoms with van der Waals surface area (Å²) in [4.78, 5) is 39.7. The lowest BCUT2D eigenvalue weighted by atomic mass is 10.1. The van der Waals surface area contributed by atoms with Crippen molar-refractivity contribution < 1.29 is 14.3 Å². The molecule has 3 aromatic heterocycles. The summed E-state index contributed by atoms with van der Waals surface area (Å²) >= 11 is 0. The highest BCUT2D eigenvalue weighted by atomic mass is 16.5. The van der Waals surface area contributed by atoms with Crippen LogP contribution in [0.15, 0.2) is 17.1 Å². The quantitative estimate of drug-likeness (QED) is 0.299. The Hall–Kier alpha value is -3.11. The van der Waals surface area contributed by atoms with Crippen molar-refractivity contribution in [3.8, 4) is 17.3 Å². The van der Waals surface area contributed by atoms with Crippen molar-refractivity contribution in [3.05, 3.63) is 33.9 Å². The number of ketones is 1. The minimum atomic E-state index is -0.352. The number of ether oxygens (including phenoxy) is 2. The zero-order valence-corrected chi connectivity index (χ0v) is 20.7. The first-order valence-corrected chi connectivity index (χ1v) is 11.7. The number of hydrogen-bond donors (Lipinski definition) is 1. The number of fused-ring (bicyclic) bond motifs is 1. The highest BCUT2D eigenvalue weighted by molar-refractivity contribution is 5.97. The van der Waals surface area contributed by atoms with Gasteiger partial charge in [0, 0.05) is 31.8 Å². The number of unbranched alkanes of at least 4 members (excludes halogenated alkanes) is 1. The Morgan fingerprint density at radius 1 is 1.21 bits per heavy atom. The molecule has 0 bridgehead atoms. The average Bonchev–Trinajstić information content (AvgIpc) is 3.19. The molecule has 1 N–H and O–H groups in total. The zero-order chi connectivity index (χ0) is 24.7. The third-order valence-electron chi connectivity index (χ3n) is 5.49. The van der Waals surface area contributed by atoms with Crippen molar-refractivity contribution in [2.24, 2.45) is 0 Å². The van der Waals surface area contributed by atoms with Crippen LogP contribution in [0, 0.1) is 0 Å². The molecule has 0 radical (unpaired) electrons. The molecule has 3 heterocycles. The maximum Gasteiger partial charge on any atom is 0.279 e. The van der Waals surface area contributed by atoms with E-state index in [1.54, 1.807) is 17.9 Å². The van der Waals surface area contributed by atoms with Crippen LogP contribution in [0.1, 0.15) is 49.2 Å². The molecular weight excluding hydrogens is 436 g/mol. The van der Waals surface area contributed by atoms with Crippen LogP contribution in [0.4, 0.5) is 0 Å². The molecule has 10 nitrogen and oxygen atoms in total. The van der Waals surface area contributed by atoms with Gasteiger partial charge < -0.3 is 19.4 Å². The zero-order valence-electron chi connectivity index (χ0n) is 20.7. The summed E-state index contributed by atoms with van der Waals surface area (Å²) in [5.41, 5.74) is 2.23. The molecule has 0 aliphatic heterocycles. The fourth-order valence-corrected chi connectivity index (χ4v) is 3.58. The predicted octanol–water partition coefficient (Wildman–Crippen LogP) is 2.70. The van der Waals surface area contributed by atoms with Gasteiger partial charge >= 0.3 is 0 Å². The number of rotatable bonds is 13. The molecule has 0 aliphatic rings. The molecule has 3 aromatic rings. The minimum absolute atomic E-state index is 0.0346. The summed E-state index contributed by atoms with van der Waals surface area (Å²) < 4.78 is 12.8. The molecule has 0 unspecified atom stereocenters. The van der Waals surface area contributed by atoms with E-state index in [9.17, 15) is 9.59 Å². The molecule has 0 saturated heterocycles. The van der Waals surface area contributed by atoms with E-state index in [2.05, 4.69) is 22.0 Å². The number of Topliss-reactive ketones (excluding diaryl/α,β-unsaturated/α-hetero) is 1. The van der Waals surface area contributed by atoms with E-state index in [-0.39, 0.29) is 16.9 Å². The number of H-pyrrole nitrogens is 1. The fraction of sp³-hybridized carbons (Fsp3) is 0.542. The van der Waals surface area contributed by atoms with E-state index in [1.165, 1.54) is 6.20 Å². The lowest BCUT2D eigenvalue weighted by Crippen LogP contribution is -2.17. The van der Waals surface area contributed by atoms with Crippen LogP contribution in [-0.2, 0) is 17.7 Å². The standard InChI is InChI=1S/C24H34N6O4/c1-6-8-12-34-24-17(14-16(15-25-24)19(31)9-10-29(3)4)22-26-20-18(7-2)30(11-13-33-5)28-21(20)23(32)27-22/h14-15H,6-13H2,1-5H3,(H,26,27,32). The summed E-state index contributed by atoms with van der Waals surface area (Å²) in [5, 5.41) is 4.45. The second-order valence-electron chi connectivity index (χ2n) is 8.38. The largest absolute Gasteiger partial charge is 0.477 e. The smallest absolute Gasteiger partial charge is 0.279 e. The Labute approximate surface area is 199 Å². The molecule has 10 heteroatoms. The lowest BCUT2D eigenvalue weighted by molar-refractivity contribution is 0.0972. The van der Waals surface area contributed by atoms with Crippen molar-refractivity contribution in [1.29, 1.82) is 0 Å². The summed E-state index contributed by atoms with van der Waals surface area (Å²) in [6.45, 7) is 6.17. The van der Waals surface area contributed by atoms with Crippen LogP contribution in [0.5, 0.6) is 5.88 Å². The number of methoxy groups -OCH3 is 1. The van der Waals surface area contributed by atoms with Crippen LogP contribution in [0.3, 0.4) is 0 Å². The Bertz CT molecular complexity index is 1180. The summed E-state index contributed by atoms with van der Waals surface area (Å²) in [5.74, 6) is 0.609. The van der Waals surface area contributed by atoms with Crippen LogP contribution >= 0.6 is 0 Å². The minimum Gasteiger partial charge on any atom is -0.477 e. The van der Waals surface area contributed by atoms with Gasteiger partial charge in [-0.1, -0.05) is 20.3 Å². The summed E-state index contributed by atoms with van der Waals surface area (Å²) in [6, 6.07) is 1.71. The summed E-state index contributed by atoms with van der Waals surface area (Å²) in [7, 11) is 5.46. The van der Waals surface area contributed by atoms with E-state index in [0.717, 1.165) is 18.5 Å². The van der Waals surface area contributed by atoms with Crippen LogP contribution in [0.2, 0.25) is 0 Å². The van der Waals surface area contributed by atoms with Gasteiger partial charge in [-0.05, 0) is 33.0 Å². The van der Waals surface area contributed by atoms with Crippen molar-refractivity contribution in [2.75, 3.05) is 41.0 Å². The number of pyridine rings is 1. The topological polar surface area (TPSA) is 115 Å². The number of aromatic nitrogens is 5. The second kappa shape index (κ2) is 11.8. The number of carbonyl (C=O) groups excluding carboxylic acids is 1. The van der Waals surface area contributed by atoms with Crippen molar-refractivity contribution >= 4 is 16.8 Å². The van der Waals surface area contributed by atoms with Gasteiger partial charge in [-0.25, -0.2) is 9.97 Å². The van der Waals surface area contributed by atoms with E-state index in [0.29, 0.717) is 67.5 Å². The van der Waals surface area contributed by atoms with Gasteiger partial charge in [0.25, 0.3) is 5.56 Å². The van der Waals surface area contributed by atoms with Crippen molar-refractivity contribution in [1.82, 2.24) is 29.6 Å². The third-order valence-corrected chi connectivity index (χ3v) is 5.49. The molecule has 0 saturated carbocycles. The van der Waals surface area contributed by atoms with Gasteiger partial charge in [-0.15, -0.1) is 0 Å². The summed E-state index contributed by atoms with van der Waals surface area (Å²) in [6.07, 6.45) is 4.37. The monoisotopic (exact) mass is 470 g/mol. The van der Waals surface area contributed by atoms with E-state index in [4.69, 9.17) is 14.5 Å². The maximum absolute atomic E-state index is 13.0. The normalized spacial score (nSPS) is 11.5. The highest BCUT2D eigenvalue weighted by Crippen LogP contribution is 2.28. The number of aromatic amines is 1. The second-order valence-corrected chi connectivity index (χ2v) is 8.38. The molecule has 0 spiro atoms. The average molecular weight is 471 g/mol. The molecule has 0 amide bonds. The van der Waals surface area contributed by atoms with Gasteiger partial charge in [-0.3, -0.25) is 14.3 Å². The number of carbonyl (C=O) groups is 1. The molecule has 184 valence electrons. The Morgan fingerprint density at radius 2 is 2.00 bits per heavy atom. The highest BCUT2D eigenvalue weighted by Gasteiger charge is 2.20. The van der Waals surface area contributed by atoms with Crippen molar-refractivity contribution in [2.45, 2.75) is 46.1 Å². The van der Waals surface area contributed by atoms with Gasteiger partial charge in [0.15, 0.2) is 11.3 Å². The molecule has 0 aliphatic carbocycles. The van der Waals surface area contributed by atoms with Crippen LogP contribution in [-0.4, -0.2) is 76.4 Å². The molecule has 3 rings (SSSR count). The molecule has 34 heavy (non-hydrogen) atoms. The SMILES string of the molecule is CCCCOc1ncc(C(=O)CCN(C)C)cc1-c1nc2c(CC)n(CCOC)nc2c(=O)[nH]1. The Morgan fingerprint density at radius 3 is 2.68 bits per heavy atom. The first-order valence-electron chi connectivity index (χ1n) is 11.7. The van der Waals surface area contributed by atoms with Crippen LogP contribution in [0.25, 0.3) is 22.4 Å². The first-order chi connectivity index (χ1) is 16.4. The number of nitrogens with one attached hydrogen (secondary N) is 1. The Balaban J connectivity index is 2.10. The molecule has 0 atom stereocenters. The predicted molar refractivity (Wildman–Crippen MR) is 131 cm³/mol. The van der Waals surface area contributed by atoms with E-state index >= 15 is 0 Å². The van der Waals surface area contributed by atoms with E-state index < -0.39 is 0 Å². The molecular formula is C24H34N6O4. The fourth-order valence-electron chi connectivity index (χ4n) is 3.58. The lowest BCUT2D eigenvalue weighted by Gasteiger charge is -2.12. The molecule has 0 aromatic carbocycles. The van der Waals surface area contributed by atoms with Gasteiger partial charge in [-0.2, -0.15) is 5.10 Å². The van der Waals surface area contributed by atoms with E-state index in [1.807, 2.05) is 25.9 Å². The maximum atomic E-state index is 13.0. The van der Waals surface area contributed by atoms with Crippen LogP contribution < -0.4 is 10.3 Å². The number of nitrogens with zero attached hydrogens (tertiary/aromatic N) is 5. The molecule has 0 fully saturated rings.